The van der Waals surface area contributed by atoms with E-state index in [0.29, 0.717) is 0 Å². The molecule has 3 aliphatic rings. The van der Waals surface area contributed by atoms with Gasteiger partial charge in [0, 0.05) is 16.5 Å². The molecule has 1 atom stereocenters. The first-order valence-corrected chi connectivity index (χ1v) is 16.4. The molecular weight excluding hydrogens is 555 g/mol. The largest absolute Gasteiger partial charge is 0.310 e. The van der Waals surface area contributed by atoms with Crippen LogP contribution in [0.15, 0.2) is 146 Å². The predicted molar refractivity (Wildman–Crippen MR) is 193 cm³/mol. The van der Waals surface area contributed by atoms with E-state index in [1.807, 2.05) is 0 Å². The highest BCUT2D eigenvalue weighted by Gasteiger charge is 2.52. The molecule has 0 saturated carbocycles. The minimum atomic E-state index is -0.283. The van der Waals surface area contributed by atoms with Crippen LogP contribution in [0.5, 0.6) is 0 Å². The van der Waals surface area contributed by atoms with E-state index in [2.05, 4.69) is 171 Å². The van der Waals surface area contributed by atoms with Gasteiger partial charge < -0.3 is 4.90 Å². The molecule has 0 spiro atoms. The zero-order valence-corrected chi connectivity index (χ0v) is 26.3. The van der Waals surface area contributed by atoms with Crippen LogP contribution in [0.2, 0.25) is 0 Å². The van der Waals surface area contributed by atoms with Crippen molar-refractivity contribution in [2.24, 2.45) is 0 Å². The number of anilines is 3. The summed E-state index contributed by atoms with van der Waals surface area (Å²) in [5, 5.41) is 2.53. The number of fused-ring (bicyclic) bond motifs is 10. The van der Waals surface area contributed by atoms with Crippen molar-refractivity contribution in [3.8, 4) is 33.4 Å². The molecule has 7 aromatic rings. The molecule has 7 aromatic carbocycles. The average molecular weight is 588 g/mol. The van der Waals surface area contributed by atoms with Crippen LogP contribution < -0.4 is 4.90 Å². The molecule has 10 rings (SSSR count). The Morgan fingerprint density at radius 2 is 1.04 bits per heavy atom. The first-order valence-electron chi connectivity index (χ1n) is 16.4. The molecule has 0 bridgehead atoms. The molecule has 46 heavy (non-hydrogen) atoms. The van der Waals surface area contributed by atoms with Gasteiger partial charge in [0.1, 0.15) is 0 Å². The van der Waals surface area contributed by atoms with Crippen LogP contribution in [0.1, 0.15) is 48.6 Å². The van der Waals surface area contributed by atoms with E-state index in [1.165, 1.54) is 89.0 Å². The lowest BCUT2D eigenvalue weighted by molar-refractivity contribution is 0.615. The van der Waals surface area contributed by atoms with Crippen molar-refractivity contribution < 1.29 is 0 Å². The molecule has 218 valence electrons. The summed E-state index contributed by atoms with van der Waals surface area (Å²) < 4.78 is 0. The minimum Gasteiger partial charge on any atom is -0.310 e. The maximum absolute atomic E-state index is 2.55. The molecule has 0 fully saturated rings. The van der Waals surface area contributed by atoms with E-state index >= 15 is 0 Å². The predicted octanol–water partition coefficient (Wildman–Crippen LogP) is 11.9. The summed E-state index contributed by atoms with van der Waals surface area (Å²) in [6.45, 7) is 7.34. The van der Waals surface area contributed by atoms with Gasteiger partial charge in [0.15, 0.2) is 0 Å². The summed E-state index contributed by atoms with van der Waals surface area (Å²) in [4.78, 5) is 2.55. The molecule has 1 aliphatic heterocycles. The Bertz CT molecular complexity index is 2430. The Labute approximate surface area is 270 Å². The monoisotopic (exact) mass is 587 g/mol. The van der Waals surface area contributed by atoms with E-state index in [9.17, 15) is 0 Å². The fraction of sp³-hybridized carbons (Fsp3) is 0.111. The Morgan fingerprint density at radius 3 is 1.89 bits per heavy atom. The highest BCUT2D eigenvalue weighted by molar-refractivity contribution is 6.00. The van der Waals surface area contributed by atoms with Gasteiger partial charge in [-0.3, -0.25) is 0 Å². The first-order chi connectivity index (χ1) is 22.5. The van der Waals surface area contributed by atoms with E-state index in [-0.39, 0.29) is 10.8 Å². The van der Waals surface area contributed by atoms with Crippen molar-refractivity contribution in [1.82, 2.24) is 0 Å². The molecule has 0 N–H and O–H groups in total. The number of nitrogens with zero attached hydrogens (tertiary/aromatic N) is 1. The fourth-order valence-corrected chi connectivity index (χ4v) is 9.18. The van der Waals surface area contributed by atoms with Gasteiger partial charge >= 0.3 is 0 Å². The van der Waals surface area contributed by atoms with Gasteiger partial charge in [0.25, 0.3) is 0 Å². The van der Waals surface area contributed by atoms with Gasteiger partial charge in [0.2, 0.25) is 0 Å². The van der Waals surface area contributed by atoms with Crippen molar-refractivity contribution >= 4 is 27.8 Å². The quantitative estimate of drug-likeness (QED) is 0.194. The molecule has 1 heteroatoms. The Morgan fingerprint density at radius 1 is 0.413 bits per heavy atom. The third-order valence-corrected chi connectivity index (χ3v) is 11.2. The third kappa shape index (κ3) is 3.15. The summed E-state index contributed by atoms with van der Waals surface area (Å²) in [5.74, 6) is 0. The van der Waals surface area contributed by atoms with E-state index < -0.39 is 0 Å². The van der Waals surface area contributed by atoms with Gasteiger partial charge in [-0.25, -0.2) is 0 Å². The summed E-state index contributed by atoms with van der Waals surface area (Å²) in [6.07, 6.45) is 0. The maximum atomic E-state index is 2.55. The molecule has 2 aliphatic carbocycles. The summed E-state index contributed by atoms with van der Waals surface area (Å²) in [7, 11) is 0. The van der Waals surface area contributed by atoms with Crippen molar-refractivity contribution in [2.75, 3.05) is 4.90 Å². The summed E-state index contributed by atoms with van der Waals surface area (Å²) >= 11 is 0. The summed E-state index contributed by atoms with van der Waals surface area (Å²) in [5.41, 5.74) is 18.3. The lowest BCUT2D eigenvalue weighted by Gasteiger charge is -2.45. The topological polar surface area (TPSA) is 3.24 Å². The lowest BCUT2D eigenvalue weighted by atomic mass is 9.65. The molecular formula is C45H33N. The Balaban J connectivity index is 1.28. The van der Waals surface area contributed by atoms with Crippen molar-refractivity contribution in [3.05, 3.63) is 173 Å². The number of hydrogen-bond acceptors (Lipinski definition) is 1. The molecule has 1 heterocycles. The first kappa shape index (κ1) is 25.9. The highest BCUT2D eigenvalue weighted by Crippen LogP contribution is 2.66. The second kappa shape index (κ2) is 8.86. The second-order valence-electron chi connectivity index (χ2n) is 13.9. The second-order valence-corrected chi connectivity index (χ2v) is 13.9. The SMILES string of the molecule is CC1(C)c2ccccc2-c2ccc3c(c21)C1(C)c2ccccc2-c2cccc(c21)N3c1cccc(-c2ccc3ccccc3c2)c1. The smallest absolute Gasteiger partial charge is 0.0512 e. The van der Waals surface area contributed by atoms with Gasteiger partial charge in [0.05, 0.1) is 11.4 Å². The zero-order chi connectivity index (χ0) is 30.8. The van der Waals surface area contributed by atoms with Gasteiger partial charge in [-0.2, -0.15) is 0 Å². The van der Waals surface area contributed by atoms with Gasteiger partial charge in [-0.05, 0) is 109 Å². The molecule has 0 saturated heterocycles. The normalized spacial score (nSPS) is 17.7. The molecule has 0 radical (unpaired) electrons. The lowest BCUT2D eigenvalue weighted by Crippen LogP contribution is -2.35. The standard InChI is InChI=1S/C45H33N/c1-44(2)37-19-8-6-16-33(37)36-24-25-40-43(42(36)44)45(3)38-20-9-7-17-34(38)35-18-11-21-39(41(35)45)46(40)32-15-10-14-30(27-32)31-23-22-28-12-4-5-13-29(28)26-31/h4-27H,1-3H3. The van der Waals surface area contributed by atoms with Crippen LogP contribution in [0.25, 0.3) is 44.2 Å². The van der Waals surface area contributed by atoms with E-state index in [0.717, 1.165) is 0 Å². The van der Waals surface area contributed by atoms with Crippen LogP contribution in [0.3, 0.4) is 0 Å². The number of hydrogen-bond donors (Lipinski definition) is 0. The van der Waals surface area contributed by atoms with Gasteiger partial charge in [-0.1, -0.05) is 129 Å². The van der Waals surface area contributed by atoms with E-state index in [1.54, 1.807) is 0 Å². The molecule has 0 aromatic heterocycles. The number of benzene rings is 7. The van der Waals surface area contributed by atoms with Crippen LogP contribution >= 0.6 is 0 Å². The minimum absolute atomic E-state index is 0.136. The van der Waals surface area contributed by atoms with Crippen LogP contribution in [-0.2, 0) is 10.8 Å². The van der Waals surface area contributed by atoms with Crippen molar-refractivity contribution in [1.29, 1.82) is 0 Å². The van der Waals surface area contributed by atoms with Crippen molar-refractivity contribution in [2.45, 2.75) is 31.6 Å². The average Bonchev–Trinajstić information content (AvgIpc) is 3.50. The molecule has 1 unspecified atom stereocenters. The third-order valence-electron chi connectivity index (χ3n) is 11.2. The van der Waals surface area contributed by atoms with Crippen LogP contribution in [0.4, 0.5) is 17.1 Å². The van der Waals surface area contributed by atoms with Crippen molar-refractivity contribution in [3.63, 3.8) is 0 Å². The fourth-order valence-electron chi connectivity index (χ4n) is 9.18. The molecule has 1 nitrogen and oxygen atoms in total. The molecule has 0 amide bonds. The highest BCUT2D eigenvalue weighted by atomic mass is 15.2. The zero-order valence-electron chi connectivity index (χ0n) is 26.3. The summed E-state index contributed by atoms with van der Waals surface area (Å²) in [6, 6.07) is 54.4. The Kier molecular flexibility index (Phi) is 4.99. The Hall–Kier alpha value is -5.40. The van der Waals surface area contributed by atoms with E-state index in [4.69, 9.17) is 0 Å². The maximum Gasteiger partial charge on any atom is 0.0512 e. The van der Waals surface area contributed by atoms with Crippen LogP contribution in [-0.4, -0.2) is 0 Å². The number of rotatable bonds is 2. The van der Waals surface area contributed by atoms with Gasteiger partial charge in [-0.15, -0.1) is 0 Å². The van der Waals surface area contributed by atoms with Crippen LogP contribution in [0, 0.1) is 0 Å².